The van der Waals surface area contributed by atoms with Crippen molar-refractivity contribution in [3.63, 3.8) is 0 Å². The molecule has 2 N–H and O–H groups in total. The number of benzene rings is 1. The van der Waals surface area contributed by atoms with Crippen LogP contribution in [0, 0.1) is 0 Å². The van der Waals surface area contributed by atoms with Crippen molar-refractivity contribution in [3.8, 4) is 0 Å². The van der Waals surface area contributed by atoms with E-state index in [1.807, 2.05) is 26.0 Å². The van der Waals surface area contributed by atoms with Gasteiger partial charge in [0.2, 0.25) is 0 Å². The first-order valence-corrected chi connectivity index (χ1v) is 9.46. The van der Waals surface area contributed by atoms with Crippen molar-refractivity contribution in [3.05, 3.63) is 46.6 Å². The Morgan fingerprint density at radius 2 is 2.04 bits per heavy atom. The summed E-state index contributed by atoms with van der Waals surface area (Å²) in [6.07, 6.45) is 2.29. The molecule has 4 rings (SSSR count). The van der Waals surface area contributed by atoms with Crippen molar-refractivity contribution in [2.45, 2.75) is 32.3 Å². The zero-order valence-electron chi connectivity index (χ0n) is 15.3. The van der Waals surface area contributed by atoms with E-state index in [1.54, 1.807) is 18.2 Å². The standard InChI is InChI=1S/C19H21BClN3O3/c1-19(2)14-7-5-12(11-15(14)20(26)27-19)22-18(25)13-6-8-16(23-17(13)21)24-9-3-4-10-24/h5-8,11,26H,3-4,9-10H2,1-2H3,(H,22,25). The number of fused-ring (bicyclic) bond motifs is 1. The summed E-state index contributed by atoms with van der Waals surface area (Å²) in [5.41, 5.74) is 1.89. The Bertz CT molecular complexity index is 900. The molecule has 2 aliphatic rings. The first-order chi connectivity index (χ1) is 12.8. The molecule has 140 valence electrons. The van der Waals surface area contributed by atoms with Crippen LogP contribution in [-0.2, 0) is 10.3 Å². The average Bonchev–Trinajstić information content (AvgIpc) is 3.22. The van der Waals surface area contributed by atoms with E-state index in [2.05, 4.69) is 15.2 Å². The number of carbonyl (C=O) groups excluding carboxylic acids is 1. The third-order valence-electron chi connectivity index (χ3n) is 5.14. The van der Waals surface area contributed by atoms with Gasteiger partial charge in [-0.25, -0.2) is 4.98 Å². The van der Waals surface area contributed by atoms with Crippen molar-refractivity contribution in [1.29, 1.82) is 0 Å². The van der Waals surface area contributed by atoms with Gasteiger partial charge in [-0.05, 0) is 62.0 Å². The predicted octanol–water partition coefficient (Wildman–Crippen LogP) is 2.54. The highest BCUT2D eigenvalue weighted by atomic mass is 35.5. The fourth-order valence-corrected chi connectivity index (χ4v) is 3.95. The van der Waals surface area contributed by atoms with E-state index in [0.717, 1.165) is 37.3 Å². The smallest absolute Gasteiger partial charge is 0.423 e. The lowest BCUT2D eigenvalue weighted by atomic mass is 9.78. The molecule has 0 spiro atoms. The molecule has 1 aromatic heterocycles. The topological polar surface area (TPSA) is 74.7 Å². The van der Waals surface area contributed by atoms with Crippen molar-refractivity contribution in [2.75, 3.05) is 23.3 Å². The van der Waals surface area contributed by atoms with Gasteiger partial charge < -0.3 is 19.9 Å². The van der Waals surface area contributed by atoms with Crippen LogP contribution in [0.4, 0.5) is 11.5 Å². The van der Waals surface area contributed by atoms with Crippen LogP contribution in [0.1, 0.15) is 42.6 Å². The number of nitrogens with one attached hydrogen (secondary N) is 1. The number of anilines is 2. The summed E-state index contributed by atoms with van der Waals surface area (Å²) >= 11 is 6.26. The summed E-state index contributed by atoms with van der Waals surface area (Å²) in [5.74, 6) is 0.460. The number of aromatic nitrogens is 1. The molecule has 0 radical (unpaired) electrons. The number of rotatable bonds is 3. The Balaban J connectivity index is 1.54. The summed E-state index contributed by atoms with van der Waals surface area (Å²) < 4.78 is 5.55. The number of amides is 1. The SMILES string of the molecule is CC1(C)OB(O)c2cc(NC(=O)c3ccc(N4CCCC4)nc3Cl)ccc21. The normalized spacial score (nSPS) is 17.9. The Hall–Kier alpha value is -2.09. The molecule has 8 heteroatoms. The predicted molar refractivity (Wildman–Crippen MR) is 107 cm³/mol. The van der Waals surface area contributed by atoms with Crippen molar-refractivity contribution in [2.24, 2.45) is 0 Å². The number of halogens is 1. The van der Waals surface area contributed by atoms with E-state index in [9.17, 15) is 9.82 Å². The third-order valence-corrected chi connectivity index (χ3v) is 5.43. The van der Waals surface area contributed by atoms with Gasteiger partial charge in [0, 0.05) is 18.8 Å². The second-order valence-corrected chi connectivity index (χ2v) is 7.80. The van der Waals surface area contributed by atoms with E-state index in [-0.39, 0.29) is 11.1 Å². The number of pyridine rings is 1. The highest BCUT2D eigenvalue weighted by Gasteiger charge is 2.40. The molecule has 1 aromatic carbocycles. The van der Waals surface area contributed by atoms with Crippen LogP contribution < -0.4 is 15.7 Å². The Morgan fingerprint density at radius 1 is 1.30 bits per heavy atom. The van der Waals surface area contributed by atoms with Crippen LogP contribution >= 0.6 is 11.6 Å². The van der Waals surface area contributed by atoms with Gasteiger partial charge in [-0.2, -0.15) is 0 Å². The lowest BCUT2D eigenvalue weighted by molar-refractivity contribution is 0.100. The zero-order chi connectivity index (χ0) is 19.2. The van der Waals surface area contributed by atoms with Gasteiger partial charge >= 0.3 is 7.12 Å². The Kier molecular flexibility index (Phi) is 4.62. The summed E-state index contributed by atoms with van der Waals surface area (Å²) in [7, 11) is -1.00. The van der Waals surface area contributed by atoms with E-state index in [1.165, 1.54) is 0 Å². The first-order valence-electron chi connectivity index (χ1n) is 9.08. The molecule has 0 unspecified atom stereocenters. The molecule has 0 atom stereocenters. The van der Waals surface area contributed by atoms with Gasteiger partial charge in [0.25, 0.3) is 5.91 Å². The minimum atomic E-state index is -1.00. The molecule has 3 heterocycles. The largest absolute Gasteiger partial charge is 0.492 e. The fourth-order valence-electron chi connectivity index (χ4n) is 3.71. The monoisotopic (exact) mass is 385 g/mol. The molecule has 0 saturated carbocycles. The summed E-state index contributed by atoms with van der Waals surface area (Å²) in [4.78, 5) is 19.2. The fraction of sp³-hybridized carbons (Fsp3) is 0.368. The van der Waals surface area contributed by atoms with Crippen LogP contribution in [0.2, 0.25) is 5.15 Å². The number of nitrogens with zero attached hydrogens (tertiary/aromatic N) is 2. The summed E-state index contributed by atoms with van der Waals surface area (Å²) in [6.45, 7) is 5.72. The lowest BCUT2D eigenvalue weighted by Crippen LogP contribution is -2.29. The molecule has 1 amide bonds. The molecule has 6 nitrogen and oxygen atoms in total. The minimum absolute atomic E-state index is 0.183. The third kappa shape index (κ3) is 3.42. The van der Waals surface area contributed by atoms with Gasteiger partial charge in [-0.15, -0.1) is 0 Å². The maximum absolute atomic E-state index is 12.6. The van der Waals surface area contributed by atoms with Crippen molar-refractivity contribution < 1.29 is 14.5 Å². The van der Waals surface area contributed by atoms with Crippen molar-refractivity contribution in [1.82, 2.24) is 4.98 Å². The zero-order valence-corrected chi connectivity index (χ0v) is 16.1. The lowest BCUT2D eigenvalue weighted by Gasteiger charge is -2.19. The molecule has 1 fully saturated rings. The molecular formula is C19H21BClN3O3. The highest BCUT2D eigenvalue weighted by molar-refractivity contribution is 6.62. The van der Waals surface area contributed by atoms with Gasteiger partial charge in [0.05, 0.1) is 11.2 Å². The number of hydrogen-bond acceptors (Lipinski definition) is 5. The Morgan fingerprint density at radius 3 is 2.74 bits per heavy atom. The number of hydrogen-bond donors (Lipinski definition) is 2. The van der Waals surface area contributed by atoms with E-state index in [0.29, 0.717) is 16.7 Å². The first kappa shape index (κ1) is 18.3. The van der Waals surface area contributed by atoms with Crippen molar-refractivity contribution >= 4 is 41.6 Å². The maximum Gasteiger partial charge on any atom is 0.492 e. The molecule has 2 aromatic rings. The summed E-state index contributed by atoms with van der Waals surface area (Å²) in [5, 5.41) is 13.1. The van der Waals surface area contributed by atoms with Crippen LogP contribution in [0.15, 0.2) is 30.3 Å². The summed E-state index contributed by atoms with van der Waals surface area (Å²) in [6, 6.07) is 8.91. The van der Waals surface area contributed by atoms with Gasteiger partial charge in [-0.3, -0.25) is 4.79 Å². The molecule has 27 heavy (non-hydrogen) atoms. The molecular weight excluding hydrogens is 364 g/mol. The van der Waals surface area contributed by atoms with E-state index < -0.39 is 12.7 Å². The number of carbonyl (C=O) groups is 1. The van der Waals surface area contributed by atoms with Crippen LogP contribution in [0.25, 0.3) is 0 Å². The van der Waals surface area contributed by atoms with Crippen LogP contribution in [-0.4, -0.2) is 36.1 Å². The van der Waals surface area contributed by atoms with E-state index >= 15 is 0 Å². The quantitative estimate of drug-likeness (QED) is 0.627. The highest BCUT2D eigenvalue weighted by Crippen LogP contribution is 2.31. The molecule has 0 bridgehead atoms. The average molecular weight is 386 g/mol. The van der Waals surface area contributed by atoms with Crippen LogP contribution in [0.5, 0.6) is 0 Å². The Labute approximate surface area is 163 Å². The second kappa shape index (κ2) is 6.82. The molecule has 1 saturated heterocycles. The molecule has 0 aliphatic carbocycles. The van der Waals surface area contributed by atoms with Crippen LogP contribution in [0.3, 0.4) is 0 Å². The van der Waals surface area contributed by atoms with E-state index in [4.69, 9.17) is 16.3 Å². The maximum atomic E-state index is 12.6. The molecule has 2 aliphatic heterocycles. The van der Waals surface area contributed by atoms with Gasteiger partial charge in [0.15, 0.2) is 0 Å². The minimum Gasteiger partial charge on any atom is -0.423 e. The van der Waals surface area contributed by atoms with Gasteiger partial charge in [0.1, 0.15) is 11.0 Å². The van der Waals surface area contributed by atoms with Gasteiger partial charge in [-0.1, -0.05) is 17.7 Å². The second-order valence-electron chi connectivity index (χ2n) is 7.44.